The summed E-state index contributed by atoms with van der Waals surface area (Å²) >= 11 is 18.6. The summed E-state index contributed by atoms with van der Waals surface area (Å²) in [6.07, 6.45) is 1.33. The first-order valence-electron chi connectivity index (χ1n) is 12.9. The molecule has 0 radical (unpaired) electrons. The molecule has 0 unspecified atom stereocenters. The highest BCUT2D eigenvalue weighted by Crippen LogP contribution is 2.38. The van der Waals surface area contributed by atoms with Gasteiger partial charge in [0.1, 0.15) is 24.5 Å². The number of ether oxygens (including phenoxy) is 3. The summed E-state index contributed by atoms with van der Waals surface area (Å²) in [5.74, 6) is -0.576. The fourth-order valence-electron chi connectivity index (χ4n) is 4.23. The first-order valence-corrected chi connectivity index (χ1v) is 14.0. The minimum Gasteiger partial charge on any atom is -0.493 e. The van der Waals surface area contributed by atoms with E-state index in [1.54, 1.807) is 48.5 Å². The number of anilines is 1. The molecule has 1 fully saturated rings. The van der Waals surface area contributed by atoms with Crippen LogP contribution in [0.1, 0.15) is 16.7 Å². The summed E-state index contributed by atoms with van der Waals surface area (Å²) in [6.45, 7) is 0.440. The Kier molecular flexibility index (Phi) is 9.21. The number of methoxy groups -OCH3 is 1. The molecule has 11 heteroatoms. The number of halogens is 3. The fourth-order valence-corrected chi connectivity index (χ4v) is 4.82. The lowest BCUT2D eigenvalue weighted by Gasteiger charge is -2.26. The second-order valence-electron chi connectivity index (χ2n) is 9.28. The van der Waals surface area contributed by atoms with Gasteiger partial charge in [0.25, 0.3) is 11.8 Å². The molecule has 0 spiro atoms. The summed E-state index contributed by atoms with van der Waals surface area (Å²) in [5.41, 5.74) is 2.03. The lowest BCUT2D eigenvalue weighted by atomic mass is 10.1. The van der Waals surface area contributed by atoms with Crippen LogP contribution in [-0.2, 0) is 22.8 Å². The first kappa shape index (κ1) is 30.0. The van der Waals surface area contributed by atoms with Crippen molar-refractivity contribution in [3.63, 3.8) is 0 Å². The van der Waals surface area contributed by atoms with Crippen molar-refractivity contribution in [3.8, 4) is 17.2 Å². The number of carbonyl (C=O) groups is 3. The molecular weight excluding hydrogens is 615 g/mol. The zero-order chi connectivity index (χ0) is 30.5. The molecule has 0 atom stereocenters. The summed E-state index contributed by atoms with van der Waals surface area (Å²) in [6, 6.07) is 23.0. The molecule has 1 saturated heterocycles. The van der Waals surface area contributed by atoms with E-state index in [2.05, 4.69) is 5.32 Å². The van der Waals surface area contributed by atoms with E-state index in [9.17, 15) is 14.4 Å². The standard InChI is InChI=1S/C32H23Cl3N2O6/c1-41-28-16-20(15-27(35)29(28)43-17-19-6-8-22(33)9-7-19)14-25-30(38)36-32(40)37(31(25)39)23-10-12-24(13-11-23)42-18-21-4-2-3-5-26(21)34/h2-16H,17-18H2,1H3,(H,36,38,40)/b25-14+. The predicted octanol–water partition coefficient (Wildman–Crippen LogP) is 7.48. The average Bonchev–Trinajstić information content (AvgIpc) is 2.99. The fraction of sp³-hybridized carbons (Fsp3) is 0.0938. The van der Waals surface area contributed by atoms with E-state index >= 15 is 0 Å². The third kappa shape index (κ3) is 6.94. The minimum absolute atomic E-state index is 0.198. The minimum atomic E-state index is -0.876. The molecule has 4 aromatic carbocycles. The zero-order valence-electron chi connectivity index (χ0n) is 22.6. The van der Waals surface area contributed by atoms with Crippen LogP contribution in [0.5, 0.6) is 17.2 Å². The van der Waals surface area contributed by atoms with E-state index < -0.39 is 17.8 Å². The summed E-state index contributed by atoms with van der Waals surface area (Å²) in [5, 5.41) is 3.59. The van der Waals surface area contributed by atoms with Crippen LogP contribution >= 0.6 is 34.8 Å². The molecule has 0 bridgehead atoms. The van der Waals surface area contributed by atoms with Crippen LogP contribution in [0.3, 0.4) is 0 Å². The smallest absolute Gasteiger partial charge is 0.335 e. The quantitative estimate of drug-likeness (QED) is 0.151. The van der Waals surface area contributed by atoms with E-state index in [0.717, 1.165) is 16.0 Å². The Hall–Kier alpha value is -4.50. The molecule has 43 heavy (non-hydrogen) atoms. The molecule has 0 aromatic heterocycles. The molecule has 5 rings (SSSR count). The van der Waals surface area contributed by atoms with Gasteiger partial charge in [-0.2, -0.15) is 0 Å². The van der Waals surface area contributed by atoms with Crippen molar-refractivity contribution >= 4 is 64.4 Å². The van der Waals surface area contributed by atoms with Crippen molar-refractivity contribution in [1.29, 1.82) is 0 Å². The Labute approximate surface area is 262 Å². The number of imide groups is 2. The highest BCUT2D eigenvalue weighted by atomic mass is 35.5. The number of hydrogen-bond acceptors (Lipinski definition) is 6. The van der Waals surface area contributed by atoms with Crippen molar-refractivity contribution < 1.29 is 28.6 Å². The van der Waals surface area contributed by atoms with Crippen molar-refractivity contribution in [3.05, 3.63) is 122 Å². The third-order valence-electron chi connectivity index (χ3n) is 6.41. The van der Waals surface area contributed by atoms with Crippen LogP contribution in [0.25, 0.3) is 6.08 Å². The van der Waals surface area contributed by atoms with Gasteiger partial charge < -0.3 is 14.2 Å². The van der Waals surface area contributed by atoms with Crippen molar-refractivity contribution in [2.24, 2.45) is 0 Å². The number of benzene rings is 4. The van der Waals surface area contributed by atoms with Gasteiger partial charge in [0.15, 0.2) is 11.5 Å². The summed E-state index contributed by atoms with van der Waals surface area (Å²) < 4.78 is 17.1. The third-order valence-corrected chi connectivity index (χ3v) is 7.31. The number of urea groups is 1. The Morgan fingerprint density at radius 3 is 2.23 bits per heavy atom. The Morgan fingerprint density at radius 1 is 0.814 bits per heavy atom. The maximum atomic E-state index is 13.4. The molecule has 1 aliphatic rings. The van der Waals surface area contributed by atoms with Crippen LogP contribution in [0.2, 0.25) is 15.1 Å². The maximum Gasteiger partial charge on any atom is 0.335 e. The van der Waals surface area contributed by atoms with Crippen LogP contribution < -0.4 is 24.4 Å². The molecular formula is C32H23Cl3N2O6. The van der Waals surface area contributed by atoms with E-state index in [0.29, 0.717) is 21.4 Å². The van der Waals surface area contributed by atoms with Gasteiger partial charge in [0, 0.05) is 15.6 Å². The number of barbiturate groups is 1. The normalized spacial score (nSPS) is 14.1. The molecule has 218 valence electrons. The van der Waals surface area contributed by atoms with E-state index in [-0.39, 0.29) is 41.0 Å². The number of amides is 4. The van der Waals surface area contributed by atoms with E-state index in [4.69, 9.17) is 49.0 Å². The second kappa shape index (κ2) is 13.2. The maximum absolute atomic E-state index is 13.4. The van der Waals surface area contributed by atoms with Gasteiger partial charge in [-0.25, -0.2) is 9.69 Å². The number of hydrogen-bond donors (Lipinski definition) is 1. The number of carbonyl (C=O) groups excluding carboxylic acids is 3. The zero-order valence-corrected chi connectivity index (χ0v) is 24.9. The average molecular weight is 638 g/mol. The Balaban J connectivity index is 1.34. The lowest BCUT2D eigenvalue weighted by Crippen LogP contribution is -2.54. The van der Waals surface area contributed by atoms with Crippen molar-refractivity contribution in [2.45, 2.75) is 13.2 Å². The van der Waals surface area contributed by atoms with E-state index in [1.807, 2.05) is 30.3 Å². The number of rotatable bonds is 9. The molecule has 4 amide bonds. The van der Waals surface area contributed by atoms with Gasteiger partial charge in [-0.1, -0.05) is 65.1 Å². The topological polar surface area (TPSA) is 94.2 Å². The van der Waals surface area contributed by atoms with E-state index in [1.165, 1.54) is 19.3 Å². The summed E-state index contributed by atoms with van der Waals surface area (Å²) in [4.78, 5) is 39.7. The molecule has 0 aliphatic carbocycles. The van der Waals surface area contributed by atoms with Crippen molar-refractivity contribution in [1.82, 2.24) is 5.32 Å². The number of nitrogens with zero attached hydrogens (tertiary/aromatic N) is 1. The Morgan fingerprint density at radius 2 is 1.53 bits per heavy atom. The molecule has 4 aromatic rings. The molecule has 1 N–H and O–H groups in total. The molecule has 8 nitrogen and oxygen atoms in total. The van der Waals surface area contributed by atoms with Gasteiger partial charge in [-0.3, -0.25) is 14.9 Å². The van der Waals surface area contributed by atoms with Gasteiger partial charge in [-0.15, -0.1) is 0 Å². The Bertz CT molecular complexity index is 1720. The lowest BCUT2D eigenvalue weighted by molar-refractivity contribution is -0.122. The first-order chi connectivity index (χ1) is 20.7. The highest BCUT2D eigenvalue weighted by molar-refractivity contribution is 6.39. The monoisotopic (exact) mass is 636 g/mol. The van der Waals surface area contributed by atoms with Gasteiger partial charge in [0.05, 0.1) is 17.8 Å². The van der Waals surface area contributed by atoms with Gasteiger partial charge in [-0.05, 0) is 71.8 Å². The second-order valence-corrected chi connectivity index (χ2v) is 10.5. The number of nitrogens with one attached hydrogen (secondary N) is 1. The van der Waals surface area contributed by atoms with Crippen LogP contribution in [0, 0.1) is 0 Å². The van der Waals surface area contributed by atoms with Crippen LogP contribution in [0.15, 0.2) is 90.5 Å². The SMILES string of the molecule is COc1cc(/C=C2\C(=O)NC(=O)N(c3ccc(OCc4ccccc4Cl)cc3)C2=O)cc(Cl)c1OCc1ccc(Cl)cc1. The molecule has 1 aliphatic heterocycles. The van der Waals surface area contributed by atoms with Gasteiger partial charge >= 0.3 is 6.03 Å². The van der Waals surface area contributed by atoms with Crippen LogP contribution in [0.4, 0.5) is 10.5 Å². The molecule has 0 saturated carbocycles. The highest BCUT2D eigenvalue weighted by Gasteiger charge is 2.37. The molecule has 1 heterocycles. The summed E-state index contributed by atoms with van der Waals surface area (Å²) in [7, 11) is 1.44. The van der Waals surface area contributed by atoms with Crippen molar-refractivity contribution in [2.75, 3.05) is 12.0 Å². The largest absolute Gasteiger partial charge is 0.493 e. The van der Waals surface area contributed by atoms with Crippen LogP contribution in [-0.4, -0.2) is 25.0 Å². The predicted molar refractivity (Wildman–Crippen MR) is 165 cm³/mol. The van der Waals surface area contributed by atoms with Gasteiger partial charge in [0.2, 0.25) is 0 Å².